The molecule has 0 saturated heterocycles. The van der Waals surface area contributed by atoms with Crippen molar-refractivity contribution < 1.29 is 28.4 Å². The van der Waals surface area contributed by atoms with Crippen molar-refractivity contribution in [3.63, 3.8) is 0 Å². The van der Waals surface area contributed by atoms with Crippen molar-refractivity contribution in [3.05, 3.63) is 5.73 Å². The molecule has 0 saturated carbocycles. The zero-order chi connectivity index (χ0) is 4.99. The average molecular weight is 93.0 g/mol. The van der Waals surface area contributed by atoms with E-state index in [0.29, 0.717) is 0 Å². The summed E-state index contributed by atoms with van der Waals surface area (Å²) in [6.45, 7) is -0.427. The fraction of sp³-hybridized carbons (Fsp3) is 0.333. The molecule has 0 unspecified atom stereocenters. The van der Waals surface area contributed by atoms with E-state index in [1.165, 1.54) is 0 Å². The number of Topliss-reactive ketones (excluding diaryl/α,β-unsaturated/α-hetero) is 1. The van der Waals surface area contributed by atoms with Crippen molar-refractivity contribution in [2.75, 3.05) is 6.54 Å². The molecule has 0 aromatic carbocycles. The van der Waals surface area contributed by atoms with Crippen LogP contribution in [0.15, 0.2) is 0 Å². The third-order valence-electron chi connectivity index (χ3n) is 0.306. The first-order valence-corrected chi connectivity index (χ1v) is 1.44. The van der Waals surface area contributed by atoms with Crippen LogP contribution >= 0.6 is 0 Å². The van der Waals surface area contributed by atoms with Crippen LogP contribution in [-0.2, 0) is 9.59 Å². The van der Waals surface area contributed by atoms with Gasteiger partial charge < -0.3 is 5.73 Å². The third kappa shape index (κ3) is 5.90. The zero-order valence-electron chi connectivity index (χ0n) is 4.10. The SMILES string of the molecule is [Li+].[NH-]CC(=O)C=O. The monoisotopic (exact) mass is 93.0 g/mol. The van der Waals surface area contributed by atoms with E-state index in [0.717, 1.165) is 0 Å². The summed E-state index contributed by atoms with van der Waals surface area (Å²) in [6, 6.07) is 0. The van der Waals surface area contributed by atoms with E-state index in [1.807, 2.05) is 0 Å². The average Bonchev–Trinajstić information content (AvgIpc) is 1.65. The minimum absolute atomic E-state index is 0. The van der Waals surface area contributed by atoms with Crippen molar-refractivity contribution in [3.8, 4) is 0 Å². The van der Waals surface area contributed by atoms with Crippen LogP contribution in [0.2, 0.25) is 0 Å². The molecule has 0 aliphatic carbocycles. The van der Waals surface area contributed by atoms with E-state index in [9.17, 15) is 9.59 Å². The number of nitrogens with one attached hydrogen (secondary N) is 1. The first-order valence-electron chi connectivity index (χ1n) is 1.44. The summed E-state index contributed by atoms with van der Waals surface area (Å²) in [5, 5.41) is 0. The first-order chi connectivity index (χ1) is 2.81. The molecular formula is C3H4LiNO2. The van der Waals surface area contributed by atoms with Gasteiger partial charge in [0.25, 0.3) is 0 Å². The Balaban J connectivity index is 0. The maximum absolute atomic E-state index is 9.62. The summed E-state index contributed by atoms with van der Waals surface area (Å²) in [5.41, 5.74) is 6.23. The summed E-state index contributed by atoms with van der Waals surface area (Å²) in [7, 11) is 0. The van der Waals surface area contributed by atoms with E-state index in [2.05, 4.69) is 0 Å². The molecule has 0 radical (unpaired) electrons. The van der Waals surface area contributed by atoms with E-state index in [4.69, 9.17) is 5.73 Å². The molecule has 0 bridgehead atoms. The Bertz CT molecular complexity index is 73.3. The van der Waals surface area contributed by atoms with Gasteiger partial charge in [-0.25, -0.2) is 0 Å². The van der Waals surface area contributed by atoms with Gasteiger partial charge in [0.15, 0.2) is 12.1 Å². The number of ketones is 1. The largest absolute Gasteiger partial charge is 1.00 e. The minimum Gasteiger partial charge on any atom is -0.671 e. The predicted octanol–water partition coefficient (Wildman–Crippen LogP) is -3.19. The fourth-order valence-corrected chi connectivity index (χ4v) is 0.0417. The number of rotatable bonds is 2. The first kappa shape index (κ1) is 10.0. The van der Waals surface area contributed by atoms with Crippen LogP contribution in [0.4, 0.5) is 0 Å². The van der Waals surface area contributed by atoms with Gasteiger partial charge in [-0.2, -0.15) is 0 Å². The van der Waals surface area contributed by atoms with Gasteiger partial charge in [-0.3, -0.25) is 9.59 Å². The van der Waals surface area contributed by atoms with Gasteiger partial charge in [-0.15, -0.1) is 0 Å². The molecule has 4 heteroatoms. The predicted molar refractivity (Wildman–Crippen MR) is 20.3 cm³/mol. The minimum atomic E-state index is -0.671. The molecule has 0 aromatic rings. The molecule has 0 rings (SSSR count). The second-order valence-electron chi connectivity index (χ2n) is 0.761. The van der Waals surface area contributed by atoms with Gasteiger partial charge in [0.05, 0.1) is 0 Å². The Labute approximate surface area is 53.4 Å². The number of hydrogen-bond acceptors (Lipinski definition) is 2. The van der Waals surface area contributed by atoms with Crippen molar-refractivity contribution in [1.29, 1.82) is 0 Å². The van der Waals surface area contributed by atoms with Crippen LogP contribution in [0, 0.1) is 0 Å². The molecule has 0 aromatic heterocycles. The van der Waals surface area contributed by atoms with Crippen molar-refractivity contribution in [1.82, 2.24) is 0 Å². The number of hydrogen-bond donors (Lipinski definition) is 0. The molecule has 0 atom stereocenters. The standard InChI is InChI=1S/C3H4NO2.Li/c4-1-3(6)2-5;/h2,4H,1H2;/q-1;+1. The van der Waals surface area contributed by atoms with Gasteiger partial charge in [0.2, 0.25) is 0 Å². The van der Waals surface area contributed by atoms with Crippen LogP contribution in [0.25, 0.3) is 5.73 Å². The van der Waals surface area contributed by atoms with E-state index >= 15 is 0 Å². The normalized spacial score (nSPS) is 6.43. The summed E-state index contributed by atoms with van der Waals surface area (Å²) < 4.78 is 0. The van der Waals surface area contributed by atoms with Crippen molar-refractivity contribution in [2.45, 2.75) is 0 Å². The quantitative estimate of drug-likeness (QED) is 0.205. The van der Waals surface area contributed by atoms with Gasteiger partial charge in [0, 0.05) is 0 Å². The van der Waals surface area contributed by atoms with Crippen LogP contribution in [-0.4, -0.2) is 18.6 Å². The molecule has 7 heavy (non-hydrogen) atoms. The summed E-state index contributed by atoms with van der Waals surface area (Å²) >= 11 is 0. The maximum Gasteiger partial charge on any atom is 1.00 e. The van der Waals surface area contributed by atoms with Crippen LogP contribution < -0.4 is 18.9 Å². The molecule has 0 fully saturated rings. The molecule has 3 nitrogen and oxygen atoms in total. The maximum atomic E-state index is 9.62. The Kier molecular flexibility index (Phi) is 8.43. The number of aldehydes is 1. The zero-order valence-corrected chi connectivity index (χ0v) is 4.10. The van der Waals surface area contributed by atoms with Crippen molar-refractivity contribution >= 4 is 12.1 Å². The second-order valence-corrected chi connectivity index (χ2v) is 0.761. The van der Waals surface area contributed by atoms with E-state index in [-0.39, 0.29) is 25.1 Å². The molecule has 0 aliphatic heterocycles. The van der Waals surface area contributed by atoms with Crippen molar-refractivity contribution in [2.24, 2.45) is 0 Å². The molecular weight excluding hydrogens is 89.0 g/mol. The smallest absolute Gasteiger partial charge is 0.671 e. The fourth-order valence-electron chi connectivity index (χ4n) is 0.0417. The molecule has 34 valence electrons. The number of carbonyl (C=O) groups is 2. The Morgan fingerprint density at radius 3 is 2.14 bits per heavy atom. The number of carbonyl (C=O) groups excluding carboxylic acids is 2. The van der Waals surface area contributed by atoms with Gasteiger partial charge >= 0.3 is 18.9 Å². The molecule has 0 spiro atoms. The Morgan fingerprint density at radius 2 is 2.14 bits per heavy atom. The van der Waals surface area contributed by atoms with Crippen LogP contribution in [0.5, 0.6) is 0 Å². The second kappa shape index (κ2) is 5.90. The van der Waals surface area contributed by atoms with E-state index in [1.54, 1.807) is 0 Å². The van der Waals surface area contributed by atoms with Crippen LogP contribution in [0.1, 0.15) is 0 Å². The molecule has 0 heterocycles. The Hall–Kier alpha value is -0.103. The molecule has 0 amide bonds. The summed E-state index contributed by atoms with van der Waals surface area (Å²) in [4.78, 5) is 18.9. The van der Waals surface area contributed by atoms with Gasteiger partial charge in [-0.1, -0.05) is 6.54 Å². The van der Waals surface area contributed by atoms with Gasteiger partial charge in [0.1, 0.15) is 0 Å². The van der Waals surface area contributed by atoms with Crippen LogP contribution in [0.3, 0.4) is 0 Å². The van der Waals surface area contributed by atoms with E-state index < -0.39 is 12.3 Å². The summed E-state index contributed by atoms with van der Waals surface area (Å²) in [6.07, 6.45) is 0.146. The topological polar surface area (TPSA) is 57.9 Å². The van der Waals surface area contributed by atoms with Gasteiger partial charge in [-0.05, 0) is 0 Å². The Morgan fingerprint density at radius 1 is 1.71 bits per heavy atom. The summed E-state index contributed by atoms with van der Waals surface area (Å²) in [5.74, 6) is -0.671. The third-order valence-corrected chi connectivity index (χ3v) is 0.306. The molecule has 0 aliphatic rings. The molecule has 1 N–H and O–H groups in total.